The molecule has 0 atom stereocenters. The molecule has 78 valence electrons. The molecule has 2 rings (SSSR count). The number of pyridine rings is 1. The van der Waals surface area contributed by atoms with Crippen molar-refractivity contribution in [3.8, 4) is 5.82 Å². The monoisotopic (exact) mass is 285 g/mol. The molecule has 5 heteroatoms. The van der Waals surface area contributed by atoms with Crippen LogP contribution in [-0.2, 0) is 5.88 Å². The van der Waals surface area contributed by atoms with E-state index in [0.717, 1.165) is 21.4 Å². The molecule has 0 radical (unpaired) electrons. The van der Waals surface area contributed by atoms with Gasteiger partial charge in [-0.3, -0.25) is 0 Å². The van der Waals surface area contributed by atoms with Crippen LogP contribution in [0.15, 0.2) is 29.1 Å². The van der Waals surface area contributed by atoms with Gasteiger partial charge in [-0.2, -0.15) is 5.10 Å². The summed E-state index contributed by atoms with van der Waals surface area (Å²) in [6.07, 6.45) is 5.45. The zero-order valence-corrected chi connectivity index (χ0v) is 10.5. The van der Waals surface area contributed by atoms with Crippen LogP contribution in [-0.4, -0.2) is 14.8 Å². The number of nitrogens with zero attached hydrogens (tertiary/aromatic N) is 3. The molecule has 0 saturated heterocycles. The van der Waals surface area contributed by atoms with Crippen molar-refractivity contribution in [2.45, 2.75) is 12.8 Å². The molecule has 0 saturated carbocycles. The largest absolute Gasteiger partial charge is 0.236 e. The van der Waals surface area contributed by atoms with Gasteiger partial charge < -0.3 is 0 Å². The number of aromatic nitrogens is 3. The Bertz CT molecular complexity index is 481. The fourth-order valence-corrected chi connectivity index (χ4v) is 1.88. The molecule has 0 aliphatic carbocycles. The van der Waals surface area contributed by atoms with Gasteiger partial charge in [0.1, 0.15) is 0 Å². The van der Waals surface area contributed by atoms with Gasteiger partial charge >= 0.3 is 0 Å². The van der Waals surface area contributed by atoms with E-state index in [-0.39, 0.29) is 0 Å². The molecule has 0 spiro atoms. The lowest BCUT2D eigenvalue weighted by molar-refractivity contribution is 0.834. The first-order chi connectivity index (χ1) is 7.20. The summed E-state index contributed by atoms with van der Waals surface area (Å²) in [5.41, 5.74) is 2.05. The second kappa shape index (κ2) is 4.33. The third kappa shape index (κ3) is 2.21. The van der Waals surface area contributed by atoms with E-state index in [2.05, 4.69) is 26.0 Å². The predicted molar refractivity (Wildman–Crippen MR) is 63.4 cm³/mol. The first kappa shape index (κ1) is 10.6. The fourth-order valence-electron chi connectivity index (χ4n) is 1.31. The molecular weight excluding hydrogens is 277 g/mol. The highest BCUT2D eigenvalue weighted by atomic mass is 79.9. The standard InChI is InChI=1S/C10H9BrClN3/c1-7-4-14-15(6-7)10-8(3-12)2-9(11)5-13-10/h2,4-6H,3H2,1H3. The number of alkyl halides is 1. The molecule has 2 aromatic rings. The Labute approximate surface area is 101 Å². The molecule has 0 fully saturated rings. The Morgan fingerprint density at radius 3 is 2.87 bits per heavy atom. The van der Waals surface area contributed by atoms with Crippen molar-refractivity contribution in [1.82, 2.24) is 14.8 Å². The minimum absolute atomic E-state index is 0.417. The summed E-state index contributed by atoms with van der Waals surface area (Å²) in [5, 5.41) is 4.20. The summed E-state index contributed by atoms with van der Waals surface area (Å²) in [6.45, 7) is 1.99. The summed E-state index contributed by atoms with van der Waals surface area (Å²) in [7, 11) is 0. The topological polar surface area (TPSA) is 30.7 Å². The van der Waals surface area contributed by atoms with Crippen LogP contribution in [0.1, 0.15) is 11.1 Å². The Hall–Kier alpha value is -0.870. The first-order valence-corrected chi connectivity index (χ1v) is 5.75. The van der Waals surface area contributed by atoms with Crippen LogP contribution in [0.5, 0.6) is 0 Å². The highest BCUT2D eigenvalue weighted by Crippen LogP contribution is 2.18. The van der Waals surface area contributed by atoms with E-state index in [1.165, 1.54) is 0 Å². The van der Waals surface area contributed by atoms with E-state index in [9.17, 15) is 0 Å². The third-order valence-corrected chi connectivity index (χ3v) is 2.70. The third-order valence-electron chi connectivity index (χ3n) is 1.98. The summed E-state index contributed by atoms with van der Waals surface area (Å²) < 4.78 is 2.66. The minimum Gasteiger partial charge on any atom is -0.236 e. The van der Waals surface area contributed by atoms with Crippen molar-refractivity contribution in [3.63, 3.8) is 0 Å². The maximum atomic E-state index is 5.86. The zero-order valence-electron chi connectivity index (χ0n) is 8.11. The lowest BCUT2D eigenvalue weighted by Gasteiger charge is -2.05. The Kier molecular flexibility index (Phi) is 3.07. The molecule has 3 nitrogen and oxygen atoms in total. The highest BCUT2D eigenvalue weighted by molar-refractivity contribution is 9.10. The molecule has 0 bridgehead atoms. The van der Waals surface area contributed by atoms with Crippen LogP contribution < -0.4 is 0 Å². The lowest BCUT2D eigenvalue weighted by Crippen LogP contribution is -2.02. The molecule has 15 heavy (non-hydrogen) atoms. The Morgan fingerprint density at radius 2 is 2.27 bits per heavy atom. The van der Waals surface area contributed by atoms with Crippen LogP contribution in [0.3, 0.4) is 0 Å². The summed E-state index contributed by atoms with van der Waals surface area (Å²) >= 11 is 9.22. The SMILES string of the molecule is Cc1cnn(-c2ncc(Br)cc2CCl)c1. The molecule has 0 aliphatic heterocycles. The van der Waals surface area contributed by atoms with E-state index >= 15 is 0 Å². The molecule has 2 heterocycles. The number of hydrogen-bond acceptors (Lipinski definition) is 2. The van der Waals surface area contributed by atoms with Gasteiger partial charge in [-0.25, -0.2) is 9.67 Å². The van der Waals surface area contributed by atoms with Crippen LogP contribution in [0.4, 0.5) is 0 Å². The van der Waals surface area contributed by atoms with Gasteiger partial charge in [0, 0.05) is 22.4 Å². The predicted octanol–water partition coefficient (Wildman–Crippen LogP) is 3.08. The van der Waals surface area contributed by atoms with E-state index in [0.29, 0.717) is 5.88 Å². The summed E-state index contributed by atoms with van der Waals surface area (Å²) in [5.74, 6) is 1.20. The lowest BCUT2D eigenvalue weighted by atomic mass is 10.3. The second-order valence-electron chi connectivity index (χ2n) is 3.23. The van der Waals surface area contributed by atoms with E-state index in [4.69, 9.17) is 11.6 Å². The zero-order chi connectivity index (χ0) is 10.8. The Balaban J connectivity index is 2.52. The molecule has 2 aromatic heterocycles. The van der Waals surface area contributed by atoms with Crippen LogP contribution >= 0.6 is 27.5 Å². The van der Waals surface area contributed by atoms with Crippen molar-refractivity contribution < 1.29 is 0 Å². The summed E-state index contributed by atoms with van der Waals surface area (Å²) in [4.78, 5) is 4.30. The number of rotatable bonds is 2. The molecule has 0 N–H and O–H groups in total. The van der Waals surface area contributed by atoms with Crippen molar-refractivity contribution in [3.05, 3.63) is 40.3 Å². The Morgan fingerprint density at radius 1 is 1.47 bits per heavy atom. The van der Waals surface area contributed by atoms with Crippen molar-refractivity contribution in [1.29, 1.82) is 0 Å². The van der Waals surface area contributed by atoms with Gasteiger partial charge in [0.15, 0.2) is 5.82 Å². The van der Waals surface area contributed by atoms with E-state index in [1.807, 2.05) is 19.2 Å². The van der Waals surface area contributed by atoms with Crippen molar-refractivity contribution in [2.75, 3.05) is 0 Å². The number of halogens is 2. The van der Waals surface area contributed by atoms with Gasteiger partial charge in [0.25, 0.3) is 0 Å². The maximum Gasteiger partial charge on any atom is 0.157 e. The van der Waals surface area contributed by atoms with Crippen LogP contribution in [0.2, 0.25) is 0 Å². The van der Waals surface area contributed by atoms with Gasteiger partial charge in [-0.1, -0.05) is 0 Å². The second-order valence-corrected chi connectivity index (χ2v) is 4.42. The van der Waals surface area contributed by atoms with Gasteiger partial charge in [0.2, 0.25) is 0 Å². The van der Waals surface area contributed by atoms with Gasteiger partial charge in [0.05, 0.1) is 12.1 Å². The maximum absolute atomic E-state index is 5.86. The van der Waals surface area contributed by atoms with Gasteiger partial charge in [-0.15, -0.1) is 11.6 Å². The highest BCUT2D eigenvalue weighted by Gasteiger charge is 2.06. The number of aryl methyl sites for hydroxylation is 1. The molecular formula is C10H9BrClN3. The number of hydrogen-bond donors (Lipinski definition) is 0. The smallest absolute Gasteiger partial charge is 0.157 e. The molecule has 0 aromatic carbocycles. The molecule has 0 unspecified atom stereocenters. The van der Waals surface area contributed by atoms with Crippen LogP contribution in [0, 0.1) is 6.92 Å². The first-order valence-electron chi connectivity index (χ1n) is 4.42. The minimum atomic E-state index is 0.417. The fraction of sp³-hybridized carbons (Fsp3) is 0.200. The average Bonchev–Trinajstić information content (AvgIpc) is 2.64. The van der Waals surface area contributed by atoms with E-state index < -0.39 is 0 Å². The average molecular weight is 287 g/mol. The normalized spacial score (nSPS) is 10.6. The van der Waals surface area contributed by atoms with Gasteiger partial charge in [-0.05, 0) is 34.5 Å². The molecule has 0 amide bonds. The quantitative estimate of drug-likeness (QED) is 0.794. The van der Waals surface area contributed by atoms with Crippen molar-refractivity contribution >= 4 is 27.5 Å². The van der Waals surface area contributed by atoms with E-state index in [1.54, 1.807) is 17.1 Å². The molecule has 0 aliphatic rings. The van der Waals surface area contributed by atoms with Crippen molar-refractivity contribution in [2.24, 2.45) is 0 Å². The summed E-state index contributed by atoms with van der Waals surface area (Å²) in [6, 6.07) is 1.95. The van der Waals surface area contributed by atoms with Crippen LogP contribution in [0.25, 0.3) is 5.82 Å².